The van der Waals surface area contributed by atoms with E-state index in [4.69, 9.17) is 14.2 Å². The Kier molecular flexibility index (Phi) is 4.37. The molecule has 1 atom stereocenters. The van der Waals surface area contributed by atoms with Gasteiger partial charge in [-0.1, -0.05) is 0 Å². The molecule has 1 unspecified atom stereocenters. The van der Waals surface area contributed by atoms with Crippen LogP contribution in [0.5, 0.6) is 11.5 Å². The third-order valence-electron chi connectivity index (χ3n) is 2.92. The molecule has 0 amide bonds. The fourth-order valence-electron chi connectivity index (χ4n) is 1.54. The maximum atomic E-state index is 10.3. The first-order chi connectivity index (χ1) is 7.96. The zero-order valence-electron chi connectivity index (χ0n) is 11.0. The quantitative estimate of drug-likeness (QED) is 0.856. The van der Waals surface area contributed by atoms with Crippen molar-refractivity contribution in [2.75, 3.05) is 21.3 Å². The van der Waals surface area contributed by atoms with Gasteiger partial charge in [0.1, 0.15) is 17.6 Å². The summed E-state index contributed by atoms with van der Waals surface area (Å²) in [6.45, 7) is 3.63. The Morgan fingerprint density at radius 1 is 1.12 bits per heavy atom. The molecule has 0 heterocycles. The van der Waals surface area contributed by atoms with Crippen molar-refractivity contribution in [3.63, 3.8) is 0 Å². The Balaban J connectivity index is 3.18. The molecule has 96 valence electrons. The topological polar surface area (TPSA) is 47.9 Å². The standard InChI is InChI=1S/C13H20O4/c1-13(2,17-5)12(14)10-8-9(15-3)6-7-11(10)16-4/h6-8,12,14H,1-5H3. The Morgan fingerprint density at radius 3 is 2.24 bits per heavy atom. The molecule has 0 saturated carbocycles. The van der Waals surface area contributed by atoms with Crippen LogP contribution in [-0.2, 0) is 4.74 Å². The molecule has 0 bridgehead atoms. The van der Waals surface area contributed by atoms with Gasteiger partial charge in [-0.2, -0.15) is 0 Å². The van der Waals surface area contributed by atoms with Gasteiger partial charge in [0.15, 0.2) is 0 Å². The third kappa shape index (κ3) is 2.90. The number of hydrogen-bond donors (Lipinski definition) is 1. The van der Waals surface area contributed by atoms with E-state index in [0.717, 1.165) is 0 Å². The normalized spacial score (nSPS) is 13.3. The second-order valence-corrected chi connectivity index (χ2v) is 4.32. The molecule has 1 rings (SSSR count). The van der Waals surface area contributed by atoms with Crippen LogP contribution in [0.25, 0.3) is 0 Å². The molecule has 4 nitrogen and oxygen atoms in total. The highest BCUT2D eigenvalue weighted by molar-refractivity contribution is 5.42. The minimum Gasteiger partial charge on any atom is -0.497 e. The lowest BCUT2D eigenvalue weighted by atomic mass is 9.93. The molecule has 0 fully saturated rings. The van der Waals surface area contributed by atoms with E-state index in [1.54, 1.807) is 39.5 Å². The molecule has 1 aromatic rings. The minimum atomic E-state index is -0.794. The smallest absolute Gasteiger partial charge is 0.125 e. The van der Waals surface area contributed by atoms with Crippen LogP contribution in [0.3, 0.4) is 0 Å². The maximum absolute atomic E-state index is 10.3. The second-order valence-electron chi connectivity index (χ2n) is 4.32. The second kappa shape index (κ2) is 5.38. The predicted molar refractivity (Wildman–Crippen MR) is 65.6 cm³/mol. The van der Waals surface area contributed by atoms with Crippen molar-refractivity contribution in [2.24, 2.45) is 0 Å². The Hall–Kier alpha value is -1.26. The number of methoxy groups -OCH3 is 3. The molecule has 0 spiro atoms. The van der Waals surface area contributed by atoms with Crippen molar-refractivity contribution in [3.05, 3.63) is 23.8 Å². The van der Waals surface area contributed by atoms with E-state index in [1.165, 1.54) is 0 Å². The van der Waals surface area contributed by atoms with Crippen molar-refractivity contribution >= 4 is 0 Å². The first-order valence-corrected chi connectivity index (χ1v) is 5.41. The third-order valence-corrected chi connectivity index (χ3v) is 2.92. The highest BCUT2D eigenvalue weighted by atomic mass is 16.5. The van der Waals surface area contributed by atoms with Gasteiger partial charge in [-0.25, -0.2) is 0 Å². The zero-order valence-corrected chi connectivity index (χ0v) is 11.0. The zero-order chi connectivity index (χ0) is 13.1. The molecule has 0 radical (unpaired) electrons. The summed E-state index contributed by atoms with van der Waals surface area (Å²) in [5.41, 5.74) is -0.0432. The molecule has 1 N–H and O–H groups in total. The molecule has 0 saturated heterocycles. The molecule has 0 aliphatic rings. The van der Waals surface area contributed by atoms with E-state index < -0.39 is 11.7 Å². The van der Waals surface area contributed by atoms with Gasteiger partial charge in [0, 0.05) is 12.7 Å². The van der Waals surface area contributed by atoms with Gasteiger partial charge >= 0.3 is 0 Å². The van der Waals surface area contributed by atoms with Crippen LogP contribution >= 0.6 is 0 Å². The fraction of sp³-hybridized carbons (Fsp3) is 0.538. The number of ether oxygens (including phenoxy) is 3. The summed E-state index contributed by atoms with van der Waals surface area (Å²) in [6.07, 6.45) is -0.794. The Bertz CT molecular complexity index is 374. The van der Waals surface area contributed by atoms with Gasteiger partial charge in [0.05, 0.1) is 19.8 Å². The summed E-state index contributed by atoms with van der Waals surface area (Å²) in [5.74, 6) is 1.29. The van der Waals surface area contributed by atoms with Crippen LogP contribution in [0.1, 0.15) is 25.5 Å². The summed E-state index contributed by atoms with van der Waals surface area (Å²) in [7, 11) is 4.72. The molecular formula is C13H20O4. The molecule has 0 aliphatic heterocycles. The molecule has 0 aromatic heterocycles. The summed E-state index contributed by atoms with van der Waals surface area (Å²) in [5, 5.41) is 10.3. The number of hydrogen-bond acceptors (Lipinski definition) is 4. The van der Waals surface area contributed by atoms with Crippen molar-refractivity contribution in [3.8, 4) is 11.5 Å². The molecule has 0 aliphatic carbocycles. The molecule has 4 heteroatoms. The van der Waals surface area contributed by atoms with Crippen molar-refractivity contribution in [1.82, 2.24) is 0 Å². The summed E-state index contributed by atoms with van der Waals surface area (Å²) >= 11 is 0. The highest BCUT2D eigenvalue weighted by Crippen LogP contribution is 2.36. The molecule has 17 heavy (non-hydrogen) atoms. The average Bonchev–Trinajstić information content (AvgIpc) is 2.36. The number of aliphatic hydroxyl groups excluding tert-OH is 1. The molecular weight excluding hydrogens is 220 g/mol. The van der Waals surface area contributed by atoms with Gasteiger partial charge in [0.2, 0.25) is 0 Å². The van der Waals surface area contributed by atoms with Gasteiger partial charge in [0.25, 0.3) is 0 Å². The minimum absolute atomic E-state index is 0.614. The summed E-state index contributed by atoms with van der Waals surface area (Å²) in [6, 6.07) is 5.31. The lowest BCUT2D eigenvalue weighted by molar-refractivity contribution is -0.0800. The van der Waals surface area contributed by atoms with Crippen molar-refractivity contribution in [2.45, 2.75) is 25.6 Å². The van der Waals surface area contributed by atoms with E-state index in [-0.39, 0.29) is 0 Å². The van der Waals surface area contributed by atoms with Crippen LogP contribution in [0, 0.1) is 0 Å². The van der Waals surface area contributed by atoms with Crippen LogP contribution in [-0.4, -0.2) is 32.0 Å². The van der Waals surface area contributed by atoms with Gasteiger partial charge in [-0.15, -0.1) is 0 Å². The first-order valence-electron chi connectivity index (χ1n) is 5.41. The van der Waals surface area contributed by atoms with Gasteiger partial charge in [-0.3, -0.25) is 0 Å². The van der Waals surface area contributed by atoms with Crippen molar-refractivity contribution in [1.29, 1.82) is 0 Å². The Morgan fingerprint density at radius 2 is 1.76 bits per heavy atom. The number of aliphatic hydroxyl groups is 1. The monoisotopic (exact) mass is 240 g/mol. The Labute approximate surface area is 102 Å². The SMILES string of the molecule is COc1ccc(OC)c(C(O)C(C)(C)OC)c1. The van der Waals surface area contributed by atoms with Crippen LogP contribution in [0.15, 0.2) is 18.2 Å². The number of rotatable bonds is 5. The van der Waals surface area contributed by atoms with Gasteiger partial charge < -0.3 is 19.3 Å². The largest absolute Gasteiger partial charge is 0.497 e. The lowest BCUT2D eigenvalue weighted by Crippen LogP contribution is -2.31. The lowest BCUT2D eigenvalue weighted by Gasteiger charge is -2.30. The van der Waals surface area contributed by atoms with E-state index in [9.17, 15) is 5.11 Å². The average molecular weight is 240 g/mol. The maximum Gasteiger partial charge on any atom is 0.125 e. The molecule has 1 aromatic carbocycles. The van der Waals surface area contributed by atoms with Crippen LogP contribution < -0.4 is 9.47 Å². The summed E-state index contributed by atoms with van der Waals surface area (Å²) in [4.78, 5) is 0. The van der Waals surface area contributed by atoms with Gasteiger partial charge in [-0.05, 0) is 32.0 Å². The summed E-state index contributed by atoms with van der Waals surface area (Å²) < 4.78 is 15.7. The van der Waals surface area contributed by atoms with E-state index in [1.807, 2.05) is 13.8 Å². The first kappa shape index (κ1) is 13.8. The van der Waals surface area contributed by atoms with Crippen LogP contribution in [0.2, 0.25) is 0 Å². The van der Waals surface area contributed by atoms with Crippen molar-refractivity contribution < 1.29 is 19.3 Å². The van der Waals surface area contributed by atoms with E-state index >= 15 is 0 Å². The predicted octanol–water partition coefficient (Wildman–Crippen LogP) is 2.16. The fourth-order valence-corrected chi connectivity index (χ4v) is 1.54. The van der Waals surface area contributed by atoms with Crippen LogP contribution in [0.4, 0.5) is 0 Å². The van der Waals surface area contributed by atoms with E-state index in [0.29, 0.717) is 17.1 Å². The van der Waals surface area contributed by atoms with E-state index in [2.05, 4.69) is 0 Å². The number of benzene rings is 1. The highest BCUT2D eigenvalue weighted by Gasteiger charge is 2.31.